The minimum atomic E-state index is -0.0220. The van der Waals surface area contributed by atoms with Crippen LogP contribution in [0.15, 0.2) is 30.3 Å². The Morgan fingerprint density at radius 2 is 2.00 bits per heavy atom. The third kappa shape index (κ3) is 3.60. The fourth-order valence-electron chi connectivity index (χ4n) is 3.04. The molecule has 20 heavy (non-hydrogen) atoms. The zero-order valence-corrected chi connectivity index (χ0v) is 12.7. The van der Waals surface area contributed by atoms with Crippen molar-refractivity contribution in [2.45, 2.75) is 39.8 Å². The predicted octanol–water partition coefficient (Wildman–Crippen LogP) is 3.10. The summed E-state index contributed by atoms with van der Waals surface area (Å²) in [5.74, 6) is 0.386. The number of benzene rings is 1. The van der Waals surface area contributed by atoms with Gasteiger partial charge < -0.3 is 4.74 Å². The zero-order chi connectivity index (χ0) is 14.5. The first-order valence-electron chi connectivity index (χ1n) is 7.56. The lowest BCUT2D eigenvalue weighted by molar-refractivity contribution is -0.152. The van der Waals surface area contributed by atoms with E-state index in [0.29, 0.717) is 18.6 Å². The van der Waals surface area contributed by atoms with Crippen LogP contribution in [0.3, 0.4) is 0 Å². The maximum Gasteiger partial charge on any atom is 0.309 e. The van der Waals surface area contributed by atoms with Crippen LogP contribution in [-0.2, 0) is 16.1 Å². The first kappa shape index (κ1) is 15.0. The predicted molar refractivity (Wildman–Crippen MR) is 80.2 cm³/mol. The van der Waals surface area contributed by atoms with Crippen LogP contribution in [0, 0.1) is 11.8 Å². The van der Waals surface area contributed by atoms with E-state index in [-0.39, 0.29) is 11.9 Å². The highest BCUT2D eigenvalue weighted by Crippen LogP contribution is 2.29. The van der Waals surface area contributed by atoms with Gasteiger partial charge in [0.1, 0.15) is 0 Å². The van der Waals surface area contributed by atoms with Crippen LogP contribution in [0.5, 0.6) is 0 Å². The van der Waals surface area contributed by atoms with Gasteiger partial charge in [-0.2, -0.15) is 0 Å². The molecule has 1 aliphatic heterocycles. The van der Waals surface area contributed by atoms with Crippen molar-refractivity contribution >= 4 is 5.97 Å². The Labute approximate surface area is 121 Å². The Morgan fingerprint density at radius 3 is 2.65 bits per heavy atom. The maximum absolute atomic E-state index is 12.0. The number of carbonyl (C=O) groups is 1. The van der Waals surface area contributed by atoms with Crippen molar-refractivity contribution in [2.24, 2.45) is 11.8 Å². The monoisotopic (exact) mass is 275 g/mol. The number of ether oxygens (including phenoxy) is 1. The summed E-state index contributed by atoms with van der Waals surface area (Å²) < 4.78 is 5.20. The largest absolute Gasteiger partial charge is 0.466 e. The molecule has 1 aromatic carbocycles. The Kier molecular flexibility index (Phi) is 5.18. The Bertz CT molecular complexity index is 432. The van der Waals surface area contributed by atoms with Crippen LogP contribution in [0.2, 0.25) is 0 Å². The molecule has 0 spiro atoms. The third-order valence-corrected chi connectivity index (χ3v) is 4.25. The second kappa shape index (κ2) is 6.89. The van der Waals surface area contributed by atoms with Crippen molar-refractivity contribution in [1.29, 1.82) is 0 Å². The molecule has 0 unspecified atom stereocenters. The van der Waals surface area contributed by atoms with E-state index in [2.05, 4.69) is 43.0 Å². The van der Waals surface area contributed by atoms with Gasteiger partial charge in [0.25, 0.3) is 0 Å². The molecule has 1 aromatic rings. The quantitative estimate of drug-likeness (QED) is 0.791. The highest BCUT2D eigenvalue weighted by Gasteiger charge is 2.35. The van der Waals surface area contributed by atoms with Crippen molar-refractivity contribution in [2.75, 3.05) is 13.2 Å². The highest BCUT2D eigenvalue weighted by atomic mass is 16.5. The molecule has 1 saturated heterocycles. The van der Waals surface area contributed by atoms with Gasteiger partial charge in [-0.15, -0.1) is 0 Å². The van der Waals surface area contributed by atoms with Crippen molar-refractivity contribution in [3.63, 3.8) is 0 Å². The van der Waals surface area contributed by atoms with Crippen LogP contribution in [0.4, 0.5) is 0 Å². The molecule has 0 bridgehead atoms. The van der Waals surface area contributed by atoms with Gasteiger partial charge in [-0.1, -0.05) is 37.3 Å². The second-order valence-corrected chi connectivity index (χ2v) is 5.84. The number of nitrogens with zero attached hydrogens (tertiary/aromatic N) is 1. The molecule has 1 aliphatic rings. The van der Waals surface area contributed by atoms with Crippen molar-refractivity contribution in [3.05, 3.63) is 35.9 Å². The number of piperidine rings is 1. The van der Waals surface area contributed by atoms with Gasteiger partial charge in [0, 0.05) is 19.1 Å². The molecule has 0 radical (unpaired) electrons. The van der Waals surface area contributed by atoms with E-state index in [1.807, 2.05) is 13.0 Å². The van der Waals surface area contributed by atoms with Crippen LogP contribution >= 0.6 is 0 Å². The van der Waals surface area contributed by atoms with E-state index in [9.17, 15) is 4.79 Å². The number of hydrogen-bond donors (Lipinski definition) is 0. The van der Waals surface area contributed by atoms with E-state index in [1.54, 1.807) is 0 Å². The fourth-order valence-corrected chi connectivity index (χ4v) is 3.04. The second-order valence-electron chi connectivity index (χ2n) is 5.84. The van der Waals surface area contributed by atoms with E-state index >= 15 is 0 Å². The molecule has 110 valence electrons. The van der Waals surface area contributed by atoms with Gasteiger partial charge in [0.05, 0.1) is 12.5 Å². The van der Waals surface area contributed by atoms with E-state index in [1.165, 1.54) is 5.56 Å². The van der Waals surface area contributed by atoms with Crippen LogP contribution < -0.4 is 0 Å². The van der Waals surface area contributed by atoms with Crippen LogP contribution in [0.1, 0.15) is 32.8 Å². The van der Waals surface area contributed by atoms with E-state index < -0.39 is 0 Å². The van der Waals surface area contributed by atoms with Gasteiger partial charge in [0.15, 0.2) is 0 Å². The standard InChI is InChI=1S/C17H25NO2/c1-4-20-17(19)16-10-14(3)18(11-13(16)2)12-15-8-6-5-7-9-15/h5-9,13-14,16H,4,10-12H2,1-3H3/t13-,14-,16+/m1/s1. The van der Waals surface area contributed by atoms with Gasteiger partial charge in [-0.05, 0) is 31.7 Å². The minimum Gasteiger partial charge on any atom is -0.466 e. The third-order valence-electron chi connectivity index (χ3n) is 4.25. The van der Waals surface area contributed by atoms with Crippen LogP contribution in [0.25, 0.3) is 0 Å². The summed E-state index contributed by atoms with van der Waals surface area (Å²) in [6.07, 6.45) is 0.896. The average molecular weight is 275 g/mol. The summed E-state index contributed by atoms with van der Waals surface area (Å²) in [5.41, 5.74) is 1.33. The molecule has 3 nitrogen and oxygen atoms in total. The molecule has 3 atom stereocenters. The topological polar surface area (TPSA) is 29.5 Å². The lowest BCUT2D eigenvalue weighted by Crippen LogP contribution is -2.47. The number of rotatable bonds is 4. The fraction of sp³-hybridized carbons (Fsp3) is 0.588. The Balaban J connectivity index is 1.97. The van der Waals surface area contributed by atoms with Crippen molar-refractivity contribution in [3.8, 4) is 0 Å². The van der Waals surface area contributed by atoms with Gasteiger partial charge in [-0.3, -0.25) is 9.69 Å². The summed E-state index contributed by atoms with van der Waals surface area (Å²) in [6, 6.07) is 10.9. The lowest BCUT2D eigenvalue weighted by Gasteiger charge is -2.40. The Morgan fingerprint density at radius 1 is 1.30 bits per heavy atom. The smallest absolute Gasteiger partial charge is 0.309 e. The van der Waals surface area contributed by atoms with Crippen LogP contribution in [-0.4, -0.2) is 30.1 Å². The molecule has 0 amide bonds. The summed E-state index contributed by atoms with van der Waals surface area (Å²) in [6.45, 7) is 8.63. The minimum absolute atomic E-state index is 0.0220. The van der Waals surface area contributed by atoms with Gasteiger partial charge >= 0.3 is 5.97 Å². The normalized spacial score (nSPS) is 27.2. The molecule has 0 aromatic heterocycles. The molecule has 0 saturated carbocycles. The van der Waals surface area contributed by atoms with E-state index in [4.69, 9.17) is 4.74 Å². The molecule has 0 aliphatic carbocycles. The van der Waals surface area contributed by atoms with Crippen molar-refractivity contribution < 1.29 is 9.53 Å². The summed E-state index contributed by atoms with van der Waals surface area (Å²) >= 11 is 0. The summed E-state index contributed by atoms with van der Waals surface area (Å²) in [4.78, 5) is 14.4. The zero-order valence-electron chi connectivity index (χ0n) is 12.7. The molecule has 1 fully saturated rings. The Hall–Kier alpha value is -1.35. The molecular weight excluding hydrogens is 250 g/mol. The summed E-state index contributed by atoms with van der Waals surface area (Å²) in [7, 11) is 0. The van der Waals surface area contributed by atoms with E-state index in [0.717, 1.165) is 19.5 Å². The number of likely N-dealkylation sites (tertiary alicyclic amines) is 1. The molecule has 2 rings (SSSR count). The molecule has 0 N–H and O–H groups in total. The first-order valence-corrected chi connectivity index (χ1v) is 7.56. The van der Waals surface area contributed by atoms with Gasteiger partial charge in [0.2, 0.25) is 0 Å². The molecule has 3 heteroatoms. The van der Waals surface area contributed by atoms with Gasteiger partial charge in [-0.25, -0.2) is 0 Å². The number of esters is 1. The number of carbonyl (C=O) groups excluding carboxylic acids is 1. The molecular formula is C17H25NO2. The lowest BCUT2D eigenvalue weighted by atomic mass is 9.83. The number of hydrogen-bond acceptors (Lipinski definition) is 3. The SMILES string of the molecule is CCOC(=O)[C@H]1C[C@@H](C)N(Cc2ccccc2)C[C@H]1C. The summed E-state index contributed by atoms with van der Waals surface area (Å²) in [5, 5.41) is 0. The highest BCUT2D eigenvalue weighted by molar-refractivity contribution is 5.73. The average Bonchev–Trinajstić information content (AvgIpc) is 2.44. The maximum atomic E-state index is 12.0. The van der Waals surface area contributed by atoms with Crippen molar-refractivity contribution in [1.82, 2.24) is 4.90 Å². The first-order chi connectivity index (χ1) is 9.61. The molecule has 1 heterocycles.